The van der Waals surface area contributed by atoms with Crippen molar-refractivity contribution in [2.75, 3.05) is 6.54 Å². The summed E-state index contributed by atoms with van der Waals surface area (Å²) in [6.07, 6.45) is 0.247. The smallest absolute Gasteiger partial charge is 0.254 e. The maximum absolute atomic E-state index is 14.5. The molecule has 2 N–H and O–H groups in total. The number of halogens is 3. The van der Waals surface area contributed by atoms with Crippen LogP contribution in [0.15, 0.2) is 42.1 Å². The number of rotatable bonds is 6. The van der Waals surface area contributed by atoms with E-state index in [9.17, 15) is 22.8 Å². The number of Topliss-reactive ketones (excluding diaryl/α,β-unsaturated/α-hetero) is 1. The highest BCUT2D eigenvalue weighted by Gasteiger charge is 2.44. The standard InChI is InChI=1S/C23H22F3N3O2/c1-3-27-29-11-16-14(5-4-6-17(16)24)21(12(29)2)23(31)28-22(15-10-20(15)30)13-7-8-18(25)19(26)9-13/h4-9,15,22,27H,3,10-11H2,1-2H3,(H,28,31)/t15?,22-/m1/s1. The Morgan fingerprint density at radius 1 is 1.16 bits per heavy atom. The van der Waals surface area contributed by atoms with Gasteiger partial charge in [0.05, 0.1) is 18.2 Å². The molecule has 2 aliphatic rings. The second-order valence-corrected chi connectivity index (χ2v) is 7.73. The normalized spacial score (nSPS) is 18.7. The van der Waals surface area contributed by atoms with Crippen molar-refractivity contribution < 1.29 is 22.8 Å². The summed E-state index contributed by atoms with van der Waals surface area (Å²) >= 11 is 0. The molecule has 1 aliphatic carbocycles. The van der Waals surface area contributed by atoms with Crippen molar-refractivity contribution in [2.24, 2.45) is 5.92 Å². The molecule has 0 aromatic heterocycles. The second kappa shape index (κ2) is 8.19. The molecule has 2 atom stereocenters. The van der Waals surface area contributed by atoms with Crippen LogP contribution in [0.2, 0.25) is 0 Å². The lowest BCUT2D eigenvalue weighted by atomic mass is 9.92. The molecule has 4 rings (SSSR count). The molecule has 1 heterocycles. The van der Waals surface area contributed by atoms with Crippen molar-refractivity contribution in [1.82, 2.24) is 15.8 Å². The number of hydrogen-bond donors (Lipinski definition) is 2. The van der Waals surface area contributed by atoms with Gasteiger partial charge in [-0.15, -0.1) is 0 Å². The quantitative estimate of drug-likeness (QED) is 0.737. The van der Waals surface area contributed by atoms with Gasteiger partial charge in [-0.3, -0.25) is 9.59 Å². The molecule has 5 nitrogen and oxygen atoms in total. The predicted octanol–water partition coefficient (Wildman–Crippen LogP) is 3.62. The zero-order valence-corrected chi connectivity index (χ0v) is 17.1. The number of nitrogens with zero attached hydrogens (tertiary/aromatic N) is 1. The van der Waals surface area contributed by atoms with E-state index >= 15 is 0 Å². The third kappa shape index (κ3) is 3.95. The van der Waals surface area contributed by atoms with E-state index in [-0.39, 0.29) is 24.3 Å². The molecule has 1 unspecified atom stereocenters. The summed E-state index contributed by atoms with van der Waals surface area (Å²) in [5.74, 6) is -3.56. The van der Waals surface area contributed by atoms with Crippen molar-refractivity contribution in [3.05, 3.63) is 76.2 Å². The summed E-state index contributed by atoms with van der Waals surface area (Å²) in [7, 11) is 0. The van der Waals surface area contributed by atoms with Crippen LogP contribution in [-0.4, -0.2) is 23.2 Å². The van der Waals surface area contributed by atoms with E-state index < -0.39 is 35.3 Å². The van der Waals surface area contributed by atoms with Gasteiger partial charge in [0.2, 0.25) is 0 Å². The maximum Gasteiger partial charge on any atom is 0.254 e. The molecular weight excluding hydrogens is 407 g/mol. The number of allylic oxidation sites excluding steroid dienone is 1. The van der Waals surface area contributed by atoms with Gasteiger partial charge in [-0.1, -0.05) is 25.1 Å². The Hall–Kier alpha value is -3.13. The summed E-state index contributed by atoms with van der Waals surface area (Å²) in [4.78, 5) is 25.2. The van der Waals surface area contributed by atoms with Crippen LogP contribution in [0.5, 0.6) is 0 Å². The van der Waals surface area contributed by atoms with Crippen LogP contribution < -0.4 is 10.7 Å². The lowest BCUT2D eigenvalue weighted by molar-refractivity contribution is -0.116. The highest BCUT2D eigenvalue weighted by atomic mass is 19.2. The second-order valence-electron chi connectivity index (χ2n) is 7.73. The van der Waals surface area contributed by atoms with Crippen molar-refractivity contribution >= 4 is 17.3 Å². The minimum absolute atomic E-state index is 0.0647. The number of carbonyl (C=O) groups is 2. The monoisotopic (exact) mass is 429 g/mol. The first-order chi connectivity index (χ1) is 14.8. The Bertz CT molecular complexity index is 1100. The highest BCUT2D eigenvalue weighted by molar-refractivity contribution is 6.21. The fraction of sp³-hybridized carbons (Fsp3) is 0.304. The van der Waals surface area contributed by atoms with Gasteiger partial charge >= 0.3 is 0 Å². The molecule has 1 fully saturated rings. The summed E-state index contributed by atoms with van der Waals surface area (Å²) in [6.45, 7) is 4.47. The first-order valence-electron chi connectivity index (χ1n) is 10.1. The minimum Gasteiger partial charge on any atom is -0.344 e. The van der Waals surface area contributed by atoms with Crippen molar-refractivity contribution in [3.63, 3.8) is 0 Å². The number of nitrogens with one attached hydrogen (secondary N) is 2. The third-order valence-electron chi connectivity index (χ3n) is 5.71. The Labute approximate surface area is 177 Å². The van der Waals surface area contributed by atoms with Crippen LogP contribution in [0.4, 0.5) is 13.2 Å². The van der Waals surface area contributed by atoms with Crippen molar-refractivity contribution in [3.8, 4) is 0 Å². The predicted molar refractivity (Wildman–Crippen MR) is 109 cm³/mol. The van der Waals surface area contributed by atoms with Gasteiger partial charge in [-0.05, 0) is 36.2 Å². The molecule has 1 saturated carbocycles. The largest absolute Gasteiger partial charge is 0.344 e. The molecule has 0 spiro atoms. The fourth-order valence-electron chi connectivity index (χ4n) is 4.01. The van der Waals surface area contributed by atoms with Crippen LogP contribution in [0, 0.1) is 23.4 Å². The molecule has 0 bridgehead atoms. The topological polar surface area (TPSA) is 61.4 Å². The van der Waals surface area contributed by atoms with E-state index in [1.165, 1.54) is 18.2 Å². The lowest BCUT2D eigenvalue weighted by Gasteiger charge is -2.34. The molecule has 2 aromatic carbocycles. The number of benzene rings is 2. The molecule has 1 amide bonds. The number of hydrogen-bond acceptors (Lipinski definition) is 4. The van der Waals surface area contributed by atoms with Crippen molar-refractivity contribution in [1.29, 1.82) is 0 Å². The molecule has 162 valence electrons. The fourth-order valence-corrected chi connectivity index (χ4v) is 4.01. The maximum atomic E-state index is 14.5. The van der Waals surface area contributed by atoms with Crippen LogP contribution in [0.1, 0.15) is 43.0 Å². The Kier molecular flexibility index (Phi) is 5.58. The Morgan fingerprint density at radius 3 is 2.55 bits per heavy atom. The Morgan fingerprint density at radius 2 is 1.90 bits per heavy atom. The highest BCUT2D eigenvalue weighted by Crippen LogP contribution is 2.39. The van der Waals surface area contributed by atoms with Gasteiger partial charge in [0.15, 0.2) is 11.6 Å². The average molecular weight is 429 g/mol. The van der Waals surface area contributed by atoms with Crippen molar-refractivity contribution in [2.45, 2.75) is 32.9 Å². The molecule has 1 aliphatic heterocycles. The molecule has 8 heteroatoms. The van der Waals surface area contributed by atoms with Gasteiger partial charge in [-0.25, -0.2) is 18.6 Å². The van der Waals surface area contributed by atoms with Gasteiger partial charge in [-0.2, -0.15) is 0 Å². The summed E-state index contributed by atoms with van der Waals surface area (Å²) in [6, 6.07) is 7.07. The summed E-state index contributed by atoms with van der Waals surface area (Å²) in [5.41, 5.74) is 5.13. The summed E-state index contributed by atoms with van der Waals surface area (Å²) in [5, 5.41) is 4.52. The molecule has 0 saturated heterocycles. The first kappa shape index (κ1) is 21.1. The zero-order chi connectivity index (χ0) is 22.3. The van der Waals surface area contributed by atoms with E-state index in [1.54, 1.807) is 18.0 Å². The van der Waals surface area contributed by atoms with Crippen LogP contribution in [-0.2, 0) is 16.1 Å². The van der Waals surface area contributed by atoms with E-state index in [4.69, 9.17) is 0 Å². The number of amides is 1. The summed E-state index contributed by atoms with van der Waals surface area (Å²) < 4.78 is 41.7. The van der Waals surface area contributed by atoms with E-state index in [1.807, 2.05) is 6.92 Å². The molecule has 0 radical (unpaired) electrons. The van der Waals surface area contributed by atoms with E-state index in [0.717, 1.165) is 12.1 Å². The SMILES string of the molecule is CCNN1Cc2c(F)cccc2C(C(=O)N[C@H](c2ccc(F)c(F)c2)C2CC2=O)=C1C. The minimum atomic E-state index is -1.05. The number of fused-ring (bicyclic) bond motifs is 1. The first-order valence-corrected chi connectivity index (χ1v) is 10.1. The average Bonchev–Trinajstić information content (AvgIpc) is 3.46. The van der Waals surface area contributed by atoms with Crippen LogP contribution >= 0.6 is 0 Å². The van der Waals surface area contributed by atoms with Gasteiger partial charge in [0.1, 0.15) is 11.6 Å². The number of ketones is 1. The Balaban J connectivity index is 1.72. The molecular formula is C23H22F3N3O2. The van der Waals surface area contributed by atoms with E-state index in [2.05, 4.69) is 10.7 Å². The van der Waals surface area contributed by atoms with Gasteiger partial charge in [0.25, 0.3) is 5.91 Å². The molecule has 31 heavy (non-hydrogen) atoms. The van der Waals surface area contributed by atoms with Crippen LogP contribution in [0.25, 0.3) is 5.57 Å². The third-order valence-corrected chi connectivity index (χ3v) is 5.71. The number of hydrazine groups is 1. The lowest BCUT2D eigenvalue weighted by Crippen LogP contribution is -2.41. The van der Waals surface area contributed by atoms with Crippen LogP contribution in [0.3, 0.4) is 0 Å². The van der Waals surface area contributed by atoms with Gasteiger partial charge < -0.3 is 10.3 Å². The van der Waals surface area contributed by atoms with Gasteiger partial charge in [0, 0.05) is 30.1 Å². The zero-order valence-electron chi connectivity index (χ0n) is 17.1. The van der Waals surface area contributed by atoms with E-state index in [0.29, 0.717) is 28.9 Å². The number of carbonyl (C=O) groups excluding carboxylic acids is 2. The molecule has 2 aromatic rings.